The second kappa shape index (κ2) is 8.39. The maximum absolute atomic E-state index is 9.15. The third-order valence-corrected chi connectivity index (χ3v) is 3.23. The normalized spacial score (nSPS) is 20.9. The molecule has 1 atom stereocenters. The minimum atomic E-state index is 0.302. The van der Waals surface area contributed by atoms with Crippen molar-refractivity contribution in [3.63, 3.8) is 0 Å². The standard InChI is InChI=1S/C11H22N4O/c12-14-13-7-3-1-2-4-8-15-9-5-6-11(15)10-16/h11,16H,1-10H2/t11-/m0/s1. The summed E-state index contributed by atoms with van der Waals surface area (Å²) >= 11 is 0. The molecule has 0 unspecified atom stereocenters. The van der Waals surface area contributed by atoms with Crippen molar-refractivity contribution in [3.8, 4) is 0 Å². The van der Waals surface area contributed by atoms with Crippen molar-refractivity contribution in [1.29, 1.82) is 0 Å². The van der Waals surface area contributed by atoms with E-state index in [2.05, 4.69) is 14.9 Å². The number of rotatable bonds is 8. The van der Waals surface area contributed by atoms with E-state index in [4.69, 9.17) is 10.6 Å². The fraction of sp³-hybridized carbons (Fsp3) is 1.00. The van der Waals surface area contributed by atoms with Gasteiger partial charge in [-0.25, -0.2) is 0 Å². The van der Waals surface area contributed by atoms with Crippen LogP contribution >= 0.6 is 0 Å². The molecule has 0 aromatic carbocycles. The molecule has 1 heterocycles. The van der Waals surface area contributed by atoms with E-state index < -0.39 is 0 Å². The van der Waals surface area contributed by atoms with Crippen molar-refractivity contribution in [2.45, 2.75) is 44.6 Å². The van der Waals surface area contributed by atoms with Crippen LogP contribution in [0.4, 0.5) is 0 Å². The van der Waals surface area contributed by atoms with Gasteiger partial charge in [0.25, 0.3) is 0 Å². The summed E-state index contributed by atoms with van der Waals surface area (Å²) in [4.78, 5) is 5.12. The minimum Gasteiger partial charge on any atom is -0.395 e. The highest BCUT2D eigenvalue weighted by Crippen LogP contribution is 2.17. The zero-order chi connectivity index (χ0) is 11.6. The van der Waals surface area contributed by atoms with Crippen LogP contribution in [0.25, 0.3) is 10.4 Å². The van der Waals surface area contributed by atoms with Crippen LogP contribution in [0.1, 0.15) is 38.5 Å². The lowest BCUT2D eigenvalue weighted by Crippen LogP contribution is -2.32. The van der Waals surface area contributed by atoms with Crippen molar-refractivity contribution >= 4 is 0 Å². The third-order valence-electron chi connectivity index (χ3n) is 3.23. The summed E-state index contributed by atoms with van der Waals surface area (Å²) in [6.45, 7) is 3.17. The number of azide groups is 1. The van der Waals surface area contributed by atoms with E-state index >= 15 is 0 Å². The largest absolute Gasteiger partial charge is 0.395 e. The smallest absolute Gasteiger partial charge is 0.0586 e. The van der Waals surface area contributed by atoms with E-state index in [0.717, 1.165) is 32.4 Å². The molecule has 0 aliphatic carbocycles. The number of aliphatic hydroxyl groups is 1. The number of likely N-dealkylation sites (tertiary alicyclic amines) is 1. The maximum atomic E-state index is 9.15. The predicted octanol–water partition coefficient (Wildman–Crippen LogP) is 2.31. The van der Waals surface area contributed by atoms with E-state index in [-0.39, 0.29) is 0 Å². The average Bonchev–Trinajstić information content (AvgIpc) is 2.75. The van der Waals surface area contributed by atoms with Crippen LogP contribution in [0.5, 0.6) is 0 Å². The van der Waals surface area contributed by atoms with Crippen LogP contribution in [0.2, 0.25) is 0 Å². The van der Waals surface area contributed by atoms with E-state index in [0.29, 0.717) is 19.2 Å². The first-order valence-electron chi connectivity index (χ1n) is 6.24. The quantitative estimate of drug-likeness (QED) is 0.298. The molecule has 0 spiro atoms. The molecule has 0 saturated carbocycles. The molecule has 1 aliphatic heterocycles. The number of hydrogen-bond donors (Lipinski definition) is 1. The van der Waals surface area contributed by atoms with Gasteiger partial charge in [-0.1, -0.05) is 18.0 Å². The number of hydrogen-bond acceptors (Lipinski definition) is 3. The summed E-state index contributed by atoms with van der Waals surface area (Å²) in [5.74, 6) is 0. The van der Waals surface area contributed by atoms with Crippen molar-refractivity contribution < 1.29 is 5.11 Å². The Labute approximate surface area is 97.1 Å². The molecule has 1 N–H and O–H groups in total. The molecule has 5 nitrogen and oxygen atoms in total. The van der Waals surface area contributed by atoms with E-state index in [1.165, 1.54) is 19.3 Å². The van der Waals surface area contributed by atoms with E-state index in [1.54, 1.807) is 0 Å². The van der Waals surface area contributed by atoms with Gasteiger partial charge in [0, 0.05) is 17.5 Å². The van der Waals surface area contributed by atoms with Crippen LogP contribution in [-0.4, -0.2) is 42.3 Å². The van der Waals surface area contributed by atoms with E-state index in [1.807, 2.05) is 0 Å². The lowest BCUT2D eigenvalue weighted by atomic mass is 10.2. The second-order valence-corrected chi connectivity index (χ2v) is 4.38. The Bertz CT molecular complexity index is 228. The Morgan fingerprint density at radius 1 is 1.31 bits per heavy atom. The van der Waals surface area contributed by atoms with Crippen LogP contribution in [0.15, 0.2) is 5.11 Å². The van der Waals surface area contributed by atoms with Gasteiger partial charge < -0.3 is 5.11 Å². The molecule has 0 aromatic heterocycles. The first kappa shape index (κ1) is 13.3. The summed E-state index contributed by atoms with van der Waals surface area (Å²) in [7, 11) is 0. The molecule has 1 saturated heterocycles. The fourth-order valence-corrected chi connectivity index (χ4v) is 2.29. The van der Waals surface area contributed by atoms with Gasteiger partial charge in [-0.3, -0.25) is 4.90 Å². The monoisotopic (exact) mass is 226 g/mol. The van der Waals surface area contributed by atoms with Crippen LogP contribution in [0, 0.1) is 0 Å². The molecule has 0 radical (unpaired) electrons. The summed E-state index contributed by atoms with van der Waals surface area (Å²) in [5.41, 5.74) is 8.10. The fourth-order valence-electron chi connectivity index (χ4n) is 2.29. The van der Waals surface area contributed by atoms with E-state index in [9.17, 15) is 0 Å². The van der Waals surface area contributed by atoms with Gasteiger partial charge in [0.15, 0.2) is 0 Å². The van der Waals surface area contributed by atoms with Crippen molar-refractivity contribution in [2.75, 3.05) is 26.2 Å². The van der Waals surface area contributed by atoms with Gasteiger partial charge in [0.2, 0.25) is 0 Å². The molecule has 1 fully saturated rings. The topological polar surface area (TPSA) is 72.2 Å². The summed E-state index contributed by atoms with van der Waals surface area (Å²) in [5, 5.41) is 12.7. The number of unbranched alkanes of at least 4 members (excludes halogenated alkanes) is 3. The summed E-state index contributed by atoms with van der Waals surface area (Å²) < 4.78 is 0. The van der Waals surface area contributed by atoms with Gasteiger partial charge in [-0.15, -0.1) is 0 Å². The molecule has 92 valence electrons. The summed E-state index contributed by atoms with van der Waals surface area (Å²) in [6.07, 6.45) is 6.88. The van der Waals surface area contributed by atoms with Gasteiger partial charge in [-0.2, -0.15) is 0 Å². The number of aliphatic hydroxyl groups excluding tert-OH is 1. The SMILES string of the molecule is [N-]=[N+]=NCCCCCCN1CCC[C@H]1CO. The van der Waals surface area contributed by atoms with Gasteiger partial charge in [0.1, 0.15) is 0 Å². The highest BCUT2D eigenvalue weighted by molar-refractivity contribution is 4.77. The van der Waals surface area contributed by atoms with Gasteiger partial charge >= 0.3 is 0 Å². The number of nitrogens with zero attached hydrogens (tertiary/aromatic N) is 4. The lowest BCUT2D eigenvalue weighted by molar-refractivity contribution is 0.157. The molecule has 1 rings (SSSR count). The first-order chi connectivity index (χ1) is 7.88. The van der Waals surface area contributed by atoms with Crippen LogP contribution in [0.3, 0.4) is 0 Å². The zero-order valence-corrected chi connectivity index (χ0v) is 9.88. The first-order valence-corrected chi connectivity index (χ1v) is 6.24. The van der Waals surface area contributed by atoms with Crippen LogP contribution in [-0.2, 0) is 0 Å². The lowest BCUT2D eigenvalue weighted by Gasteiger charge is -2.22. The Hall–Kier alpha value is -0.770. The van der Waals surface area contributed by atoms with Crippen molar-refractivity contribution in [1.82, 2.24) is 4.90 Å². The zero-order valence-electron chi connectivity index (χ0n) is 9.88. The Morgan fingerprint density at radius 3 is 2.88 bits per heavy atom. The molecule has 0 aromatic rings. The molecule has 1 aliphatic rings. The Kier molecular flexibility index (Phi) is 6.97. The second-order valence-electron chi connectivity index (χ2n) is 4.38. The van der Waals surface area contributed by atoms with Gasteiger partial charge in [-0.05, 0) is 44.3 Å². The molecule has 5 heteroatoms. The molecule has 16 heavy (non-hydrogen) atoms. The minimum absolute atomic E-state index is 0.302. The highest BCUT2D eigenvalue weighted by atomic mass is 16.3. The maximum Gasteiger partial charge on any atom is 0.0586 e. The Morgan fingerprint density at radius 2 is 2.12 bits per heavy atom. The van der Waals surface area contributed by atoms with Crippen molar-refractivity contribution in [3.05, 3.63) is 10.4 Å². The van der Waals surface area contributed by atoms with Gasteiger partial charge in [0.05, 0.1) is 6.61 Å². The highest BCUT2D eigenvalue weighted by Gasteiger charge is 2.22. The molecule has 0 amide bonds. The summed E-state index contributed by atoms with van der Waals surface area (Å²) in [6, 6.07) is 0.406. The molecular formula is C11H22N4O. The molecule has 0 bridgehead atoms. The third kappa shape index (κ3) is 4.84. The molecular weight excluding hydrogens is 204 g/mol. The van der Waals surface area contributed by atoms with Crippen molar-refractivity contribution in [2.24, 2.45) is 5.11 Å². The Balaban J connectivity index is 1.96. The van der Waals surface area contributed by atoms with Crippen LogP contribution < -0.4 is 0 Å². The average molecular weight is 226 g/mol. The predicted molar refractivity (Wildman–Crippen MR) is 64.2 cm³/mol.